The Morgan fingerprint density at radius 1 is 0.500 bits per heavy atom. The summed E-state index contributed by atoms with van der Waals surface area (Å²) in [4.78, 5) is 31.0. The van der Waals surface area contributed by atoms with Gasteiger partial charge < -0.3 is 20.2 Å². The number of allylic oxidation sites excluding steroid dienone is 1. The number of hydrogen-bond donors (Lipinski definition) is 4. The van der Waals surface area contributed by atoms with Gasteiger partial charge in [-0.2, -0.15) is 0 Å². The third-order valence-corrected chi connectivity index (χ3v) is 12.0. The van der Waals surface area contributed by atoms with Gasteiger partial charge in [0.1, 0.15) is 0 Å². The summed E-state index contributed by atoms with van der Waals surface area (Å²) in [7, 11) is -4.71. The van der Waals surface area contributed by atoms with Gasteiger partial charge in [-0.3, -0.25) is 9.32 Å². The Hall–Kier alpha value is -0.720. The number of hydrogen-bond acceptors (Lipinski definition) is 4. The molecule has 0 aromatic rings. The van der Waals surface area contributed by atoms with Crippen LogP contribution < -0.4 is 5.32 Å². The van der Waals surface area contributed by atoms with Crippen molar-refractivity contribution < 1.29 is 28.8 Å². The molecule has 0 aromatic carbocycles. The van der Waals surface area contributed by atoms with Crippen molar-refractivity contribution in [2.45, 2.75) is 283 Å². The predicted molar refractivity (Wildman–Crippen MR) is 241 cm³/mol. The number of unbranched alkanes of at least 4 members (excludes halogenated alkanes) is 37. The van der Waals surface area contributed by atoms with E-state index in [9.17, 15) is 24.3 Å². The number of rotatable bonds is 46. The molecule has 0 fully saturated rings. The highest BCUT2D eigenvalue weighted by atomic mass is 31.2. The minimum atomic E-state index is -4.71. The van der Waals surface area contributed by atoms with Crippen LogP contribution in [0.1, 0.15) is 271 Å². The van der Waals surface area contributed by atoms with Crippen LogP contribution in [0, 0.1) is 0 Å². The Balaban J connectivity index is 3.73. The molecular weight excluding hydrogens is 718 g/mol. The normalized spacial score (nSPS) is 13.2. The van der Waals surface area contributed by atoms with Crippen LogP contribution in [0.5, 0.6) is 0 Å². The highest BCUT2D eigenvalue weighted by molar-refractivity contribution is 7.46. The fraction of sp³-hybridized carbons (Fsp3) is 0.938. The molecular formula is C48H96NO6P. The van der Waals surface area contributed by atoms with Crippen molar-refractivity contribution in [3.8, 4) is 0 Å². The first kappa shape index (κ1) is 55.3. The molecule has 0 aliphatic heterocycles. The zero-order chi connectivity index (χ0) is 41.1. The lowest BCUT2D eigenvalue weighted by molar-refractivity contribution is -0.123. The maximum Gasteiger partial charge on any atom is 0.469 e. The second-order valence-electron chi connectivity index (χ2n) is 17.1. The maximum absolute atomic E-state index is 12.6. The lowest BCUT2D eigenvalue weighted by Gasteiger charge is -2.22. The molecule has 0 spiro atoms. The molecule has 1 amide bonds. The van der Waals surface area contributed by atoms with E-state index in [0.717, 1.165) is 38.5 Å². The van der Waals surface area contributed by atoms with E-state index < -0.39 is 26.6 Å². The van der Waals surface area contributed by atoms with Gasteiger partial charge in [-0.25, -0.2) is 4.57 Å². The summed E-state index contributed by atoms with van der Waals surface area (Å²) < 4.78 is 15.9. The first-order valence-corrected chi connectivity index (χ1v) is 26.2. The van der Waals surface area contributed by atoms with Gasteiger partial charge in [-0.1, -0.05) is 257 Å². The zero-order valence-electron chi connectivity index (χ0n) is 37.3. The Morgan fingerprint density at radius 3 is 1.09 bits per heavy atom. The molecule has 2 atom stereocenters. The largest absolute Gasteiger partial charge is 0.469 e. The molecule has 8 heteroatoms. The molecule has 0 bridgehead atoms. The number of carbonyl (C=O) groups is 1. The molecule has 0 heterocycles. The number of phosphoric ester groups is 1. The van der Waals surface area contributed by atoms with Crippen LogP contribution in [0.25, 0.3) is 0 Å². The van der Waals surface area contributed by atoms with Crippen molar-refractivity contribution in [3.63, 3.8) is 0 Å². The van der Waals surface area contributed by atoms with Crippen LogP contribution in [-0.4, -0.2) is 39.6 Å². The van der Waals surface area contributed by atoms with Crippen LogP contribution >= 0.6 is 7.82 Å². The second-order valence-corrected chi connectivity index (χ2v) is 18.4. The van der Waals surface area contributed by atoms with E-state index in [-0.39, 0.29) is 5.91 Å². The van der Waals surface area contributed by atoms with Crippen LogP contribution in [0.4, 0.5) is 0 Å². The molecule has 0 saturated carbocycles. The number of aliphatic hydroxyl groups excluding tert-OH is 1. The van der Waals surface area contributed by atoms with E-state index in [0.29, 0.717) is 6.42 Å². The van der Waals surface area contributed by atoms with Crippen molar-refractivity contribution in [2.24, 2.45) is 0 Å². The number of phosphoric acid groups is 1. The second kappa shape index (κ2) is 43.8. The highest BCUT2D eigenvalue weighted by Crippen LogP contribution is 2.36. The molecule has 0 aliphatic rings. The van der Waals surface area contributed by atoms with Gasteiger partial charge in [0.25, 0.3) is 0 Å². The van der Waals surface area contributed by atoms with E-state index in [2.05, 4.69) is 23.7 Å². The molecule has 56 heavy (non-hydrogen) atoms. The average Bonchev–Trinajstić information content (AvgIpc) is 3.17. The van der Waals surface area contributed by atoms with Gasteiger partial charge in [-0.05, 0) is 19.3 Å². The average molecular weight is 814 g/mol. The number of carbonyl (C=O) groups excluding carboxylic acids is 1. The first-order chi connectivity index (χ1) is 27.3. The summed E-state index contributed by atoms with van der Waals surface area (Å²) in [6, 6.07) is -0.905. The van der Waals surface area contributed by atoms with E-state index in [1.807, 2.05) is 6.08 Å². The van der Waals surface area contributed by atoms with Crippen LogP contribution in [-0.2, 0) is 13.9 Å². The van der Waals surface area contributed by atoms with Gasteiger partial charge in [-0.15, -0.1) is 0 Å². The summed E-state index contributed by atoms with van der Waals surface area (Å²) in [5.74, 6) is -0.221. The lowest BCUT2D eigenvalue weighted by atomic mass is 10.0. The van der Waals surface area contributed by atoms with E-state index in [1.54, 1.807) is 6.08 Å². The molecule has 4 N–H and O–H groups in total. The third kappa shape index (κ3) is 44.4. The molecule has 7 nitrogen and oxygen atoms in total. The summed E-state index contributed by atoms with van der Waals surface area (Å²) >= 11 is 0. The van der Waals surface area contributed by atoms with Gasteiger partial charge in [0, 0.05) is 6.42 Å². The van der Waals surface area contributed by atoms with E-state index in [1.165, 1.54) is 212 Å². The SMILES string of the molecule is CCCCCCCCCCCCC/C=C/[C@@H](O)[C@H](COP(=O)(O)O)NC(=O)CCCCCCCCCCCCCCCCCCCCCCCCCCCCC. The standard InChI is InChI=1S/C48H96NO6P/c1-3-5-7-9-11-13-15-17-18-19-20-21-22-23-24-25-26-27-28-29-30-32-34-36-38-40-42-44-48(51)49-46(45-55-56(52,53)54)47(50)43-41-39-37-35-33-31-16-14-12-10-8-6-4-2/h41,43,46-47,50H,3-40,42,44-45H2,1-2H3,(H,49,51)(H2,52,53,54)/b43-41+/t46-,47+/m0/s1. The smallest absolute Gasteiger partial charge is 0.387 e. The molecule has 0 unspecified atom stereocenters. The van der Waals surface area contributed by atoms with E-state index >= 15 is 0 Å². The van der Waals surface area contributed by atoms with E-state index in [4.69, 9.17) is 0 Å². The topological polar surface area (TPSA) is 116 Å². The molecule has 0 rings (SSSR count). The fourth-order valence-corrected chi connectivity index (χ4v) is 8.11. The Kier molecular flexibility index (Phi) is 43.3. The molecule has 0 saturated heterocycles. The Morgan fingerprint density at radius 2 is 0.786 bits per heavy atom. The zero-order valence-corrected chi connectivity index (χ0v) is 38.2. The van der Waals surface area contributed by atoms with Crippen molar-refractivity contribution in [1.29, 1.82) is 0 Å². The highest BCUT2D eigenvalue weighted by Gasteiger charge is 2.24. The van der Waals surface area contributed by atoms with Gasteiger partial charge in [0.15, 0.2) is 0 Å². The third-order valence-electron chi connectivity index (χ3n) is 11.5. The van der Waals surface area contributed by atoms with Gasteiger partial charge in [0.2, 0.25) is 5.91 Å². The summed E-state index contributed by atoms with van der Waals surface area (Å²) in [6.07, 6.45) is 54.1. The number of aliphatic hydroxyl groups is 1. The van der Waals surface area contributed by atoms with Crippen LogP contribution in [0.2, 0.25) is 0 Å². The van der Waals surface area contributed by atoms with Crippen molar-refractivity contribution in [3.05, 3.63) is 12.2 Å². The Labute approximate surface area is 348 Å². The minimum Gasteiger partial charge on any atom is -0.387 e. The molecule has 0 aromatic heterocycles. The Bertz CT molecular complexity index is 880. The molecule has 0 radical (unpaired) electrons. The van der Waals surface area contributed by atoms with Gasteiger partial charge >= 0.3 is 7.82 Å². The summed E-state index contributed by atoms with van der Waals surface area (Å²) in [5.41, 5.74) is 0. The monoisotopic (exact) mass is 814 g/mol. The van der Waals surface area contributed by atoms with Gasteiger partial charge in [0.05, 0.1) is 18.8 Å². The number of amides is 1. The van der Waals surface area contributed by atoms with Crippen molar-refractivity contribution >= 4 is 13.7 Å². The predicted octanol–water partition coefficient (Wildman–Crippen LogP) is 15.1. The molecule has 0 aliphatic carbocycles. The van der Waals surface area contributed by atoms with Crippen LogP contribution in [0.3, 0.4) is 0 Å². The maximum atomic E-state index is 12.6. The number of nitrogens with one attached hydrogen (secondary N) is 1. The van der Waals surface area contributed by atoms with Crippen LogP contribution in [0.15, 0.2) is 12.2 Å². The quantitative estimate of drug-likeness (QED) is 0.0276. The summed E-state index contributed by atoms with van der Waals surface area (Å²) in [5, 5.41) is 13.4. The fourth-order valence-electron chi connectivity index (χ4n) is 7.76. The van der Waals surface area contributed by atoms with Crippen molar-refractivity contribution in [1.82, 2.24) is 5.32 Å². The lowest BCUT2D eigenvalue weighted by Crippen LogP contribution is -2.45. The first-order valence-electron chi connectivity index (χ1n) is 24.6. The molecule has 334 valence electrons. The van der Waals surface area contributed by atoms with Crippen molar-refractivity contribution in [2.75, 3.05) is 6.61 Å². The summed E-state index contributed by atoms with van der Waals surface area (Å²) in [6.45, 7) is 4.10. The minimum absolute atomic E-state index is 0.221.